The number of allylic oxidation sites excluding steroid dienone is 2. The van der Waals surface area contributed by atoms with Gasteiger partial charge in [-0.25, -0.2) is 4.98 Å². The summed E-state index contributed by atoms with van der Waals surface area (Å²) in [5.41, 5.74) is 9.42. The number of carbonyl (C=O) groups excluding carboxylic acids is 1. The van der Waals surface area contributed by atoms with Crippen LogP contribution >= 0.6 is 12.2 Å². The van der Waals surface area contributed by atoms with Crippen molar-refractivity contribution in [1.82, 2.24) is 9.97 Å². The summed E-state index contributed by atoms with van der Waals surface area (Å²) in [5, 5.41) is 12.8. The lowest BCUT2D eigenvalue weighted by Gasteiger charge is -2.33. The number of hydrogen-bond acceptors (Lipinski definition) is 6. The number of ketones is 1. The van der Waals surface area contributed by atoms with Gasteiger partial charge in [-0.2, -0.15) is 0 Å². The first-order chi connectivity index (χ1) is 11.5. The molecule has 4 rings (SSSR count). The van der Waals surface area contributed by atoms with E-state index >= 15 is 0 Å². The highest BCUT2D eigenvalue weighted by molar-refractivity contribution is 7.71. The molecule has 24 heavy (non-hydrogen) atoms. The summed E-state index contributed by atoms with van der Waals surface area (Å²) in [4.78, 5) is 19.9. The number of Topliss-reactive ketones (excluding diaryl/α,β-unsaturated/α-hetero) is 1. The minimum atomic E-state index is -0.316. The van der Waals surface area contributed by atoms with E-state index in [1.165, 1.54) is 0 Å². The number of nitrogens with one attached hydrogen (secondary N) is 2. The SMILES string of the molecule is Nc1[nH]c(=S)nc2c1C(c1ccc(O)cc1)C1=C(CCCC1=O)N2. The van der Waals surface area contributed by atoms with Gasteiger partial charge < -0.3 is 21.1 Å². The Kier molecular flexibility index (Phi) is 3.38. The summed E-state index contributed by atoms with van der Waals surface area (Å²) < 4.78 is 0.300. The molecule has 122 valence electrons. The average molecular weight is 340 g/mol. The van der Waals surface area contributed by atoms with E-state index in [9.17, 15) is 9.90 Å². The number of anilines is 2. The number of aromatic amines is 1. The quantitative estimate of drug-likeness (QED) is 0.595. The molecule has 0 amide bonds. The smallest absolute Gasteiger partial charge is 0.200 e. The molecule has 7 heteroatoms. The lowest BCUT2D eigenvalue weighted by molar-refractivity contribution is -0.116. The van der Waals surface area contributed by atoms with Crippen LogP contribution in [0, 0.1) is 4.77 Å². The molecule has 1 unspecified atom stereocenters. The number of phenols is 1. The molecule has 6 nitrogen and oxygen atoms in total. The molecule has 1 aliphatic heterocycles. The molecule has 0 radical (unpaired) electrons. The highest BCUT2D eigenvalue weighted by atomic mass is 32.1. The van der Waals surface area contributed by atoms with Crippen LogP contribution in [0.1, 0.15) is 36.3 Å². The van der Waals surface area contributed by atoms with Gasteiger partial charge in [-0.1, -0.05) is 12.1 Å². The third-order valence-corrected chi connectivity index (χ3v) is 4.72. The van der Waals surface area contributed by atoms with Crippen molar-refractivity contribution in [3.8, 4) is 5.75 Å². The largest absolute Gasteiger partial charge is 0.508 e. The maximum Gasteiger partial charge on any atom is 0.200 e. The number of phenolic OH excluding ortho intramolecular Hbond substituents is 1. The standard InChI is InChI=1S/C17H16N4O2S/c18-15-14-12(8-4-6-9(22)7-5-8)13-10(2-1-3-11(13)23)19-16(14)21-17(24)20-15/h4-7,12,22H,1-3H2,(H4,18,19,20,21,24). The lowest BCUT2D eigenvalue weighted by Crippen LogP contribution is -2.28. The normalized spacial score (nSPS) is 19.5. The number of benzene rings is 1. The lowest BCUT2D eigenvalue weighted by atomic mass is 9.76. The summed E-state index contributed by atoms with van der Waals surface area (Å²) in [6, 6.07) is 6.84. The van der Waals surface area contributed by atoms with E-state index in [2.05, 4.69) is 15.3 Å². The number of aromatic nitrogens is 2. The number of rotatable bonds is 1. The zero-order chi connectivity index (χ0) is 16.8. The maximum atomic E-state index is 12.6. The van der Waals surface area contributed by atoms with Gasteiger partial charge >= 0.3 is 0 Å². The number of H-pyrrole nitrogens is 1. The third kappa shape index (κ3) is 2.28. The molecule has 0 bridgehead atoms. The van der Waals surface area contributed by atoms with Gasteiger partial charge in [-0.05, 0) is 42.8 Å². The number of nitrogens with two attached hydrogens (primary N) is 1. The van der Waals surface area contributed by atoms with Crippen molar-refractivity contribution in [1.29, 1.82) is 0 Å². The van der Waals surface area contributed by atoms with Crippen LogP contribution in [-0.2, 0) is 4.79 Å². The zero-order valence-electron chi connectivity index (χ0n) is 12.8. The monoisotopic (exact) mass is 340 g/mol. The number of fused-ring (bicyclic) bond motifs is 1. The van der Waals surface area contributed by atoms with Crippen molar-refractivity contribution in [2.45, 2.75) is 25.2 Å². The second-order valence-corrected chi connectivity index (χ2v) is 6.42. The fourth-order valence-electron chi connectivity index (χ4n) is 3.50. The summed E-state index contributed by atoms with van der Waals surface area (Å²) >= 11 is 5.12. The molecule has 2 aromatic rings. The van der Waals surface area contributed by atoms with E-state index in [0.717, 1.165) is 35.2 Å². The molecule has 2 heterocycles. The van der Waals surface area contributed by atoms with Crippen molar-refractivity contribution in [2.24, 2.45) is 0 Å². The van der Waals surface area contributed by atoms with Crippen LogP contribution in [-0.4, -0.2) is 20.9 Å². The molecular formula is C17H16N4O2S. The fraction of sp³-hybridized carbons (Fsp3) is 0.235. The highest BCUT2D eigenvalue weighted by Gasteiger charge is 2.37. The van der Waals surface area contributed by atoms with E-state index in [4.69, 9.17) is 18.0 Å². The topological polar surface area (TPSA) is 104 Å². The Labute approximate surface area is 143 Å². The molecule has 1 aromatic heterocycles. The van der Waals surface area contributed by atoms with Gasteiger partial charge in [0.1, 0.15) is 17.4 Å². The van der Waals surface area contributed by atoms with E-state index < -0.39 is 0 Å². The number of hydrogen-bond donors (Lipinski definition) is 4. The molecule has 0 fully saturated rings. The van der Waals surface area contributed by atoms with Crippen LogP contribution in [0.4, 0.5) is 11.6 Å². The van der Waals surface area contributed by atoms with Crippen LogP contribution in [0.2, 0.25) is 0 Å². The van der Waals surface area contributed by atoms with Crippen molar-refractivity contribution >= 4 is 29.6 Å². The Morgan fingerprint density at radius 1 is 1.25 bits per heavy atom. The summed E-state index contributed by atoms with van der Waals surface area (Å²) in [6.45, 7) is 0. The van der Waals surface area contributed by atoms with Crippen molar-refractivity contribution in [3.63, 3.8) is 0 Å². The van der Waals surface area contributed by atoms with Crippen molar-refractivity contribution < 1.29 is 9.90 Å². The predicted molar refractivity (Wildman–Crippen MR) is 93.3 cm³/mol. The van der Waals surface area contributed by atoms with Crippen LogP contribution in [0.5, 0.6) is 5.75 Å². The Bertz CT molecular complexity index is 931. The summed E-state index contributed by atoms with van der Waals surface area (Å²) in [7, 11) is 0. The molecule has 2 aliphatic rings. The van der Waals surface area contributed by atoms with E-state index in [1.807, 2.05) is 12.1 Å². The number of aromatic hydroxyl groups is 1. The molecule has 1 aromatic carbocycles. The Balaban J connectivity index is 1.99. The summed E-state index contributed by atoms with van der Waals surface area (Å²) in [5.74, 6) is 0.984. The van der Waals surface area contributed by atoms with Gasteiger partial charge in [0.05, 0.1) is 0 Å². The van der Waals surface area contributed by atoms with E-state index in [1.54, 1.807) is 12.1 Å². The molecular weight excluding hydrogens is 324 g/mol. The van der Waals surface area contributed by atoms with E-state index in [-0.39, 0.29) is 17.5 Å². The van der Waals surface area contributed by atoms with Gasteiger partial charge in [0, 0.05) is 29.2 Å². The van der Waals surface area contributed by atoms with Crippen LogP contribution in [0.3, 0.4) is 0 Å². The average Bonchev–Trinajstić information content (AvgIpc) is 2.54. The Morgan fingerprint density at radius 2 is 2.00 bits per heavy atom. The molecule has 1 atom stereocenters. The van der Waals surface area contributed by atoms with E-state index in [0.29, 0.717) is 22.8 Å². The maximum absolute atomic E-state index is 12.6. The zero-order valence-corrected chi connectivity index (χ0v) is 13.6. The van der Waals surface area contributed by atoms with Crippen molar-refractivity contribution in [2.75, 3.05) is 11.1 Å². The van der Waals surface area contributed by atoms with Crippen LogP contribution in [0.15, 0.2) is 35.5 Å². The Hall–Kier alpha value is -2.67. The molecule has 1 aliphatic carbocycles. The second-order valence-electron chi connectivity index (χ2n) is 6.04. The minimum absolute atomic E-state index is 0.120. The van der Waals surface area contributed by atoms with Gasteiger partial charge in [-0.3, -0.25) is 4.79 Å². The predicted octanol–water partition coefficient (Wildman–Crippen LogP) is 2.99. The Morgan fingerprint density at radius 3 is 2.75 bits per heavy atom. The first-order valence-corrected chi connectivity index (χ1v) is 8.17. The van der Waals surface area contributed by atoms with Gasteiger partial charge in [-0.15, -0.1) is 0 Å². The molecule has 5 N–H and O–H groups in total. The third-order valence-electron chi connectivity index (χ3n) is 4.53. The van der Waals surface area contributed by atoms with Crippen molar-refractivity contribution in [3.05, 3.63) is 51.4 Å². The molecule has 0 spiro atoms. The number of nitrogens with zero attached hydrogens (tertiary/aromatic N) is 1. The number of nitrogen functional groups attached to an aromatic ring is 1. The minimum Gasteiger partial charge on any atom is -0.508 e. The summed E-state index contributed by atoms with van der Waals surface area (Å²) in [6.07, 6.45) is 2.14. The van der Waals surface area contributed by atoms with Gasteiger partial charge in [0.2, 0.25) is 0 Å². The number of carbonyl (C=O) groups is 1. The van der Waals surface area contributed by atoms with Crippen LogP contribution < -0.4 is 11.1 Å². The molecule has 0 saturated heterocycles. The first-order valence-electron chi connectivity index (χ1n) is 7.76. The molecule has 0 saturated carbocycles. The first kappa shape index (κ1) is 14.9. The highest BCUT2D eigenvalue weighted by Crippen LogP contribution is 2.46. The fourth-order valence-corrected chi connectivity index (χ4v) is 3.70. The van der Waals surface area contributed by atoms with Crippen LogP contribution in [0.25, 0.3) is 0 Å². The second kappa shape index (κ2) is 5.45. The van der Waals surface area contributed by atoms with Gasteiger partial charge in [0.15, 0.2) is 10.6 Å². The van der Waals surface area contributed by atoms with Gasteiger partial charge in [0.25, 0.3) is 0 Å².